The van der Waals surface area contributed by atoms with Crippen LogP contribution in [0.4, 0.5) is 0 Å². The number of hydrogen-bond donors (Lipinski definition) is 0. The molecule has 0 unspecified atom stereocenters. The van der Waals surface area contributed by atoms with Crippen molar-refractivity contribution in [1.29, 1.82) is 0 Å². The van der Waals surface area contributed by atoms with Crippen LogP contribution in [-0.4, -0.2) is 25.9 Å². The van der Waals surface area contributed by atoms with Gasteiger partial charge in [-0.05, 0) is 0 Å². The Morgan fingerprint density at radius 2 is 1.58 bits per heavy atom. The fourth-order valence-corrected chi connectivity index (χ4v) is 7.18. The van der Waals surface area contributed by atoms with Crippen LogP contribution in [0.5, 0.6) is 0 Å². The fraction of sp³-hybridized carbons (Fsp3) is 0.333. The monoisotopic (exact) mass is 400 g/mol. The predicted octanol–water partition coefficient (Wildman–Crippen LogP) is 5.05. The van der Waals surface area contributed by atoms with Crippen molar-refractivity contribution in [3.05, 3.63) is 41.8 Å². The number of ether oxygens (including phenoxy) is 1. The van der Waals surface area contributed by atoms with Crippen molar-refractivity contribution in [3.63, 3.8) is 0 Å². The Bertz CT molecular complexity index is 452. The molecule has 0 saturated heterocycles. The molecule has 2 nitrogen and oxygen atoms in total. The normalized spacial score (nSPS) is 13.8. The Kier molecular flexibility index (Phi) is 6.14. The number of benzene rings is 1. The van der Waals surface area contributed by atoms with Gasteiger partial charge in [0.05, 0.1) is 0 Å². The minimum absolute atomic E-state index is 0.352. The van der Waals surface area contributed by atoms with Crippen LogP contribution in [-0.2, 0) is 9.16 Å². The molecule has 106 valence electrons. The van der Waals surface area contributed by atoms with Crippen LogP contribution >= 0.6 is 30.0 Å². The quantitative estimate of drug-likeness (QED) is 0.509. The Labute approximate surface area is 130 Å². The van der Waals surface area contributed by atoms with Gasteiger partial charge in [-0.25, -0.2) is 0 Å². The molecule has 0 aromatic heterocycles. The van der Waals surface area contributed by atoms with Crippen LogP contribution in [0.3, 0.4) is 0 Å². The molecule has 0 fully saturated rings. The van der Waals surface area contributed by atoms with Gasteiger partial charge in [0.2, 0.25) is 0 Å². The van der Waals surface area contributed by atoms with Gasteiger partial charge in [0, 0.05) is 0 Å². The Morgan fingerprint density at radius 1 is 1.05 bits per heavy atom. The van der Waals surface area contributed by atoms with Crippen LogP contribution in [0.2, 0.25) is 19.6 Å². The summed E-state index contributed by atoms with van der Waals surface area (Å²) in [7, 11) is 14.8. The molecule has 0 heterocycles. The molecule has 0 amide bonds. The van der Waals surface area contributed by atoms with Gasteiger partial charge in [0.1, 0.15) is 0 Å². The molecule has 1 rings (SSSR count). The molecule has 1 aromatic rings. The summed E-state index contributed by atoms with van der Waals surface area (Å²) in [4.78, 5) is 0. The van der Waals surface area contributed by atoms with Gasteiger partial charge in [0.15, 0.2) is 0 Å². The molecule has 19 heavy (non-hydrogen) atoms. The first-order valence-electron chi connectivity index (χ1n) is 5.75. The first-order valence-corrected chi connectivity index (χ1v) is 18.5. The number of halogens is 3. The standard InChI is InChI=1S/C12H17Cl3GeO2Si/c1-17-12(18-19(2,3)4)11(16(13,14)15)10-8-6-5-7-9-10/h5-9H,1-4H3/b12-11+. The van der Waals surface area contributed by atoms with Gasteiger partial charge in [-0.3, -0.25) is 0 Å². The second-order valence-electron chi connectivity index (χ2n) is 4.94. The first kappa shape index (κ1) is 17.2. The van der Waals surface area contributed by atoms with Gasteiger partial charge >= 0.3 is 131 Å². The zero-order chi connectivity index (χ0) is 14.7. The molecule has 0 aliphatic heterocycles. The number of rotatable bonds is 5. The molecule has 0 saturated carbocycles. The maximum atomic E-state index is 6.25. The summed E-state index contributed by atoms with van der Waals surface area (Å²) in [5, 5.41) is 0. The van der Waals surface area contributed by atoms with Crippen molar-refractivity contribution in [2.75, 3.05) is 7.11 Å². The zero-order valence-corrected chi connectivity index (χ0v) is 16.7. The van der Waals surface area contributed by atoms with Crippen molar-refractivity contribution < 1.29 is 9.16 Å². The number of hydrogen-bond acceptors (Lipinski definition) is 2. The number of methoxy groups -OCH3 is 1. The van der Waals surface area contributed by atoms with Crippen molar-refractivity contribution in [2.45, 2.75) is 19.6 Å². The van der Waals surface area contributed by atoms with E-state index in [0.717, 1.165) is 5.56 Å². The second kappa shape index (κ2) is 6.76. The van der Waals surface area contributed by atoms with E-state index in [9.17, 15) is 0 Å². The average Bonchev–Trinajstić information content (AvgIpc) is 2.26. The summed E-state index contributed by atoms with van der Waals surface area (Å²) in [5.74, 6) is 0.352. The van der Waals surface area contributed by atoms with Crippen molar-refractivity contribution in [1.82, 2.24) is 0 Å². The van der Waals surface area contributed by atoms with E-state index in [4.69, 9.17) is 39.2 Å². The van der Waals surface area contributed by atoms with Gasteiger partial charge in [-0.2, -0.15) is 0 Å². The molecule has 0 N–H and O–H groups in total. The molecule has 0 atom stereocenters. The van der Waals surface area contributed by atoms with Gasteiger partial charge < -0.3 is 0 Å². The van der Waals surface area contributed by atoms with Crippen molar-refractivity contribution in [2.24, 2.45) is 0 Å². The van der Waals surface area contributed by atoms with Crippen molar-refractivity contribution in [3.8, 4) is 0 Å². The molecule has 0 aliphatic rings. The SMILES string of the molecule is CO/C(O[Si](C)(C)C)=[C](/c1ccccc1)[Ge]([Cl])([Cl])[Cl]. The molecular weight excluding hydrogens is 383 g/mol. The molecule has 0 aliphatic carbocycles. The maximum absolute atomic E-state index is 6.25. The van der Waals surface area contributed by atoms with E-state index in [-0.39, 0.29) is 0 Å². The van der Waals surface area contributed by atoms with Crippen molar-refractivity contribution >= 4 is 53.2 Å². The Hall–Kier alpha value is 0.190. The van der Waals surface area contributed by atoms with Gasteiger partial charge in [-0.15, -0.1) is 0 Å². The van der Waals surface area contributed by atoms with Gasteiger partial charge in [0.25, 0.3) is 0 Å². The van der Waals surface area contributed by atoms with Gasteiger partial charge in [-0.1, -0.05) is 0 Å². The van der Waals surface area contributed by atoms with E-state index in [1.54, 1.807) is 0 Å². The fourth-order valence-electron chi connectivity index (χ4n) is 1.47. The van der Waals surface area contributed by atoms with E-state index in [1.807, 2.05) is 30.3 Å². The third-order valence-electron chi connectivity index (χ3n) is 2.13. The molecule has 0 spiro atoms. The van der Waals surface area contributed by atoms with Crippen LogP contribution in [0, 0.1) is 0 Å². The van der Waals surface area contributed by atoms with E-state index < -0.39 is 18.8 Å². The third kappa shape index (κ3) is 5.60. The molecule has 7 heteroatoms. The molecule has 1 aromatic carbocycles. The summed E-state index contributed by atoms with van der Waals surface area (Å²) < 4.78 is 11.9. The Morgan fingerprint density at radius 3 is 1.95 bits per heavy atom. The summed E-state index contributed by atoms with van der Waals surface area (Å²) in [6.45, 7) is 6.17. The average molecular weight is 400 g/mol. The molecular formula is C12H17Cl3GeO2Si. The zero-order valence-electron chi connectivity index (χ0n) is 11.3. The van der Waals surface area contributed by atoms with E-state index >= 15 is 0 Å². The third-order valence-corrected chi connectivity index (χ3v) is 8.10. The first-order chi connectivity index (χ1) is 8.65. The summed E-state index contributed by atoms with van der Waals surface area (Å²) in [6.07, 6.45) is 0. The van der Waals surface area contributed by atoms with Crippen LogP contribution in [0.25, 0.3) is 4.41 Å². The van der Waals surface area contributed by atoms with E-state index in [2.05, 4.69) is 19.6 Å². The van der Waals surface area contributed by atoms with E-state index in [0.29, 0.717) is 10.4 Å². The predicted molar refractivity (Wildman–Crippen MR) is 88.1 cm³/mol. The molecule has 0 bridgehead atoms. The van der Waals surface area contributed by atoms with E-state index in [1.165, 1.54) is 7.11 Å². The topological polar surface area (TPSA) is 18.5 Å². The summed E-state index contributed by atoms with van der Waals surface area (Å²) >= 11 is 0. The molecule has 0 radical (unpaired) electrons. The second-order valence-corrected chi connectivity index (χ2v) is 24.4. The van der Waals surface area contributed by atoms with Crippen LogP contribution in [0.1, 0.15) is 5.56 Å². The summed E-state index contributed by atoms with van der Waals surface area (Å²) in [5.41, 5.74) is 0.845. The van der Waals surface area contributed by atoms with Crippen LogP contribution in [0.15, 0.2) is 36.3 Å². The summed E-state index contributed by atoms with van der Waals surface area (Å²) in [6, 6.07) is 9.51. The van der Waals surface area contributed by atoms with Crippen LogP contribution < -0.4 is 0 Å². The Balaban J connectivity index is 3.37. The minimum atomic E-state index is -3.68.